The van der Waals surface area contributed by atoms with E-state index in [-0.39, 0.29) is 17.9 Å². The van der Waals surface area contributed by atoms with Gasteiger partial charge in [-0.2, -0.15) is 0 Å². The maximum absolute atomic E-state index is 6.38. The molecule has 0 saturated carbocycles. The highest BCUT2D eigenvalue weighted by Crippen LogP contribution is 2.43. The zero-order valence-electron chi connectivity index (χ0n) is 11.3. The maximum atomic E-state index is 6.38. The van der Waals surface area contributed by atoms with Crippen LogP contribution in [0.1, 0.15) is 29.9 Å². The average molecular weight is 285 g/mol. The van der Waals surface area contributed by atoms with Gasteiger partial charge in [0.15, 0.2) is 0 Å². The summed E-state index contributed by atoms with van der Waals surface area (Å²) in [7, 11) is 0. The molecule has 0 aromatic heterocycles. The quantitative estimate of drug-likeness (QED) is 0.890. The molecular formula is C17H17ClN2. The Bertz CT molecular complexity index is 636. The van der Waals surface area contributed by atoms with E-state index in [9.17, 15) is 0 Å². The predicted octanol–water partition coefficient (Wildman–Crippen LogP) is 3.97. The van der Waals surface area contributed by atoms with E-state index >= 15 is 0 Å². The fraction of sp³-hybridized carbons (Fsp3) is 0.235. The minimum atomic E-state index is 0.103. The zero-order chi connectivity index (χ0) is 14.1. The van der Waals surface area contributed by atoms with Crippen molar-refractivity contribution in [2.24, 2.45) is 10.7 Å². The Morgan fingerprint density at radius 2 is 1.65 bits per heavy atom. The smallest absolute Gasteiger partial charge is 0.102 e. The van der Waals surface area contributed by atoms with Crippen LogP contribution in [0.5, 0.6) is 0 Å². The lowest BCUT2D eigenvalue weighted by Gasteiger charge is -2.24. The van der Waals surface area contributed by atoms with Crippen molar-refractivity contribution >= 4 is 17.4 Å². The van der Waals surface area contributed by atoms with Gasteiger partial charge < -0.3 is 5.73 Å². The molecule has 0 radical (unpaired) electrons. The Kier molecular flexibility index (Phi) is 3.49. The van der Waals surface area contributed by atoms with Crippen LogP contribution >= 0.6 is 11.6 Å². The number of rotatable bonds is 2. The normalized spacial score (nSPS) is 25.5. The molecule has 1 heterocycles. The summed E-state index contributed by atoms with van der Waals surface area (Å²) >= 11 is 6.38. The SMILES string of the molecule is CC1N=C(N)C(c2ccccc2)C1c1ccccc1Cl. The molecule has 20 heavy (non-hydrogen) atoms. The minimum Gasteiger partial charge on any atom is -0.387 e. The molecule has 3 heteroatoms. The highest BCUT2D eigenvalue weighted by atomic mass is 35.5. The Hall–Kier alpha value is -1.80. The Balaban J connectivity index is 2.07. The van der Waals surface area contributed by atoms with E-state index in [1.165, 1.54) is 5.56 Å². The molecular weight excluding hydrogens is 268 g/mol. The second kappa shape index (κ2) is 5.29. The lowest BCUT2D eigenvalue weighted by molar-refractivity contribution is 0.584. The first-order valence-electron chi connectivity index (χ1n) is 6.81. The summed E-state index contributed by atoms with van der Waals surface area (Å²) < 4.78 is 0. The Morgan fingerprint density at radius 1 is 1.00 bits per heavy atom. The van der Waals surface area contributed by atoms with Crippen molar-refractivity contribution in [2.75, 3.05) is 0 Å². The summed E-state index contributed by atoms with van der Waals surface area (Å²) in [5.41, 5.74) is 8.51. The van der Waals surface area contributed by atoms with Gasteiger partial charge in [-0.3, -0.25) is 4.99 Å². The Labute approximate surface area is 124 Å². The van der Waals surface area contributed by atoms with Crippen LogP contribution in [0.2, 0.25) is 5.02 Å². The third-order valence-corrected chi connectivity index (χ3v) is 4.32. The highest BCUT2D eigenvalue weighted by molar-refractivity contribution is 6.31. The zero-order valence-corrected chi connectivity index (χ0v) is 12.1. The van der Waals surface area contributed by atoms with Gasteiger partial charge in [0, 0.05) is 10.9 Å². The fourth-order valence-electron chi connectivity index (χ4n) is 3.08. The van der Waals surface area contributed by atoms with Crippen LogP contribution in [0, 0.1) is 0 Å². The van der Waals surface area contributed by atoms with E-state index in [2.05, 4.69) is 30.1 Å². The first kappa shape index (κ1) is 13.2. The summed E-state index contributed by atoms with van der Waals surface area (Å²) in [6.07, 6.45) is 0. The predicted molar refractivity (Wildman–Crippen MR) is 84.5 cm³/mol. The van der Waals surface area contributed by atoms with E-state index in [1.807, 2.05) is 36.4 Å². The van der Waals surface area contributed by atoms with Crippen molar-refractivity contribution in [2.45, 2.75) is 24.8 Å². The molecule has 102 valence electrons. The molecule has 3 atom stereocenters. The van der Waals surface area contributed by atoms with Crippen LogP contribution in [0.3, 0.4) is 0 Å². The second-order valence-electron chi connectivity index (χ2n) is 5.23. The van der Waals surface area contributed by atoms with Crippen molar-refractivity contribution in [1.29, 1.82) is 0 Å². The largest absolute Gasteiger partial charge is 0.387 e. The molecule has 3 unspecified atom stereocenters. The van der Waals surface area contributed by atoms with Crippen molar-refractivity contribution in [1.82, 2.24) is 0 Å². The van der Waals surface area contributed by atoms with E-state index in [0.717, 1.165) is 10.6 Å². The summed E-state index contributed by atoms with van der Waals surface area (Å²) in [4.78, 5) is 4.58. The molecule has 1 aliphatic heterocycles. The number of aliphatic imine (C=N–C) groups is 1. The van der Waals surface area contributed by atoms with Gasteiger partial charge in [-0.25, -0.2) is 0 Å². The van der Waals surface area contributed by atoms with Gasteiger partial charge in [0.05, 0.1) is 12.0 Å². The van der Waals surface area contributed by atoms with E-state index in [4.69, 9.17) is 17.3 Å². The van der Waals surface area contributed by atoms with Crippen LogP contribution in [0.25, 0.3) is 0 Å². The molecule has 3 rings (SSSR count). The number of nitrogens with two attached hydrogens (primary N) is 1. The van der Waals surface area contributed by atoms with E-state index in [1.54, 1.807) is 0 Å². The second-order valence-corrected chi connectivity index (χ2v) is 5.64. The molecule has 0 aliphatic carbocycles. The summed E-state index contributed by atoms with van der Waals surface area (Å²) in [5, 5.41) is 0.787. The van der Waals surface area contributed by atoms with E-state index < -0.39 is 0 Å². The number of hydrogen-bond donors (Lipinski definition) is 1. The standard InChI is InChI=1S/C17H17ClN2/c1-11-15(13-9-5-6-10-14(13)18)16(17(19)20-11)12-7-3-2-4-8-12/h2-11,15-16H,1H3,(H2,19,20). The third kappa shape index (κ3) is 2.20. The van der Waals surface area contributed by atoms with Crippen molar-refractivity contribution in [3.05, 3.63) is 70.7 Å². The molecule has 2 N–H and O–H groups in total. The monoisotopic (exact) mass is 284 g/mol. The number of amidine groups is 1. The van der Waals surface area contributed by atoms with Gasteiger partial charge in [0.2, 0.25) is 0 Å². The maximum Gasteiger partial charge on any atom is 0.102 e. The molecule has 0 bridgehead atoms. The van der Waals surface area contributed by atoms with Gasteiger partial charge in [-0.15, -0.1) is 0 Å². The lowest BCUT2D eigenvalue weighted by Crippen LogP contribution is -2.23. The van der Waals surface area contributed by atoms with Crippen LogP contribution in [-0.2, 0) is 0 Å². The number of halogens is 1. The van der Waals surface area contributed by atoms with Crippen LogP contribution in [-0.4, -0.2) is 11.9 Å². The molecule has 0 spiro atoms. The molecule has 2 nitrogen and oxygen atoms in total. The summed E-state index contributed by atoms with van der Waals surface area (Å²) in [6.45, 7) is 2.10. The first-order valence-corrected chi connectivity index (χ1v) is 7.19. The molecule has 0 amide bonds. The topological polar surface area (TPSA) is 38.4 Å². The van der Waals surface area contributed by atoms with Gasteiger partial charge in [0.25, 0.3) is 0 Å². The first-order chi connectivity index (χ1) is 9.68. The van der Waals surface area contributed by atoms with Crippen LogP contribution in [0.4, 0.5) is 0 Å². The molecule has 1 aliphatic rings. The highest BCUT2D eigenvalue weighted by Gasteiger charge is 2.38. The Morgan fingerprint density at radius 3 is 2.35 bits per heavy atom. The summed E-state index contributed by atoms with van der Waals surface area (Å²) in [5.74, 6) is 1.01. The average Bonchev–Trinajstić information content (AvgIpc) is 2.75. The van der Waals surface area contributed by atoms with Gasteiger partial charge in [-0.05, 0) is 24.1 Å². The van der Waals surface area contributed by atoms with Crippen molar-refractivity contribution in [3.8, 4) is 0 Å². The van der Waals surface area contributed by atoms with Crippen LogP contribution < -0.4 is 5.73 Å². The minimum absolute atomic E-state index is 0.103. The third-order valence-electron chi connectivity index (χ3n) is 3.97. The molecule has 2 aromatic carbocycles. The van der Waals surface area contributed by atoms with Gasteiger partial charge in [0.1, 0.15) is 5.84 Å². The van der Waals surface area contributed by atoms with Crippen molar-refractivity contribution in [3.63, 3.8) is 0 Å². The fourth-order valence-corrected chi connectivity index (χ4v) is 3.34. The number of hydrogen-bond acceptors (Lipinski definition) is 2. The molecule has 0 saturated heterocycles. The lowest BCUT2D eigenvalue weighted by atomic mass is 9.79. The van der Waals surface area contributed by atoms with E-state index in [0.29, 0.717) is 5.84 Å². The van der Waals surface area contributed by atoms with Crippen molar-refractivity contribution < 1.29 is 0 Å². The molecule has 2 aromatic rings. The number of benzene rings is 2. The van der Waals surface area contributed by atoms with Gasteiger partial charge >= 0.3 is 0 Å². The van der Waals surface area contributed by atoms with Gasteiger partial charge in [-0.1, -0.05) is 60.1 Å². The summed E-state index contributed by atoms with van der Waals surface area (Å²) in [6, 6.07) is 18.4. The molecule has 0 fully saturated rings. The number of nitrogens with zero attached hydrogens (tertiary/aromatic N) is 1. The van der Waals surface area contributed by atoms with Crippen LogP contribution in [0.15, 0.2) is 59.6 Å².